The van der Waals surface area contributed by atoms with Gasteiger partial charge in [0, 0.05) is 13.1 Å². The van der Waals surface area contributed by atoms with E-state index in [0.717, 1.165) is 42.4 Å². The number of nitrogens with zero attached hydrogens (tertiary/aromatic N) is 2. The minimum absolute atomic E-state index is 0.0313. The van der Waals surface area contributed by atoms with Crippen LogP contribution < -0.4 is 19.3 Å². The van der Waals surface area contributed by atoms with Crippen LogP contribution in [0.2, 0.25) is 0 Å². The van der Waals surface area contributed by atoms with Crippen molar-refractivity contribution in [2.45, 2.75) is 55.4 Å². The minimum atomic E-state index is 0.0313. The zero-order chi connectivity index (χ0) is 23.4. The number of aryl methyl sites for hydroxylation is 2. The molecule has 172 valence electrons. The van der Waals surface area contributed by atoms with Gasteiger partial charge in [-0.1, -0.05) is 39.8 Å². The van der Waals surface area contributed by atoms with Gasteiger partial charge < -0.3 is 19.3 Å². The Morgan fingerprint density at radius 1 is 0.806 bits per heavy atom. The number of anilines is 2. The third kappa shape index (κ3) is 6.91. The number of benzene rings is 2. The summed E-state index contributed by atoms with van der Waals surface area (Å²) in [7, 11) is 0. The molecule has 0 fully saturated rings. The largest absolute Gasteiger partial charge is 0.490 e. The highest BCUT2D eigenvalue weighted by Crippen LogP contribution is 2.33. The molecule has 0 aliphatic carbocycles. The normalized spacial score (nSPS) is 13.5. The quantitative estimate of drug-likeness (QED) is 0.588. The second-order valence-corrected chi connectivity index (χ2v) is 6.80. The van der Waals surface area contributed by atoms with Gasteiger partial charge in [0.2, 0.25) is 0 Å². The number of amides is 1. The van der Waals surface area contributed by atoms with E-state index in [0.29, 0.717) is 6.54 Å². The molecule has 1 amide bonds. The Labute approximate surface area is 189 Å². The molecule has 2 heterocycles. The molecule has 0 spiro atoms. The van der Waals surface area contributed by atoms with Crippen molar-refractivity contribution in [1.29, 1.82) is 0 Å². The summed E-state index contributed by atoms with van der Waals surface area (Å²) >= 11 is 0. The van der Waals surface area contributed by atoms with Crippen LogP contribution in [-0.2, 0) is 4.79 Å². The zero-order valence-corrected chi connectivity index (χ0v) is 20.6. The summed E-state index contributed by atoms with van der Waals surface area (Å²) in [6.45, 7) is 20.0. The molecule has 0 radical (unpaired) electrons. The van der Waals surface area contributed by atoms with Crippen molar-refractivity contribution in [3.63, 3.8) is 0 Å². The Balaban J connectivity index is 0.000000268. The van der Waals surface area contributed by atoms with Gasteiger partial charge in [-0.05, 0) is 63.1 Å². The molecular weight excluding hydrogens is 388 g/mol. The Hall–Kier alpha value is -2.69. The lowest BCUT2D eigenvalue weighted by molar-refractivity contribution is -0.121. The molecule has 2 aromatic rings. The lowest BCUT2D eigenvalue weighted by Gasteiger charge is -2.30. The van der Waals surface area contributed by atoms with Crippen LogP contribution in [0.5, 0.6) is 11.5 Å². The smallest absolute Gasteiger partial charge is 0.265 e. The van der Waals surface area contributed by atoms with E-state index in [1.807, 2.05) is 59.7 Å². The monoisotopic (exact) mass is 428 g/mol. The van der Waals surface area contributed by atoms with Crippen molar-refractivity contribution >= 4 is 17.3 Å². The number of ether oxygens (including phenoxy) is 2. The fourth-order valence-corrected chi connectivity index (χ4v) is 3.37. The van der Waals surface area contributed by atoms with Gasteiger partial charge in [0.1, 0.15) is 18.1 Å². The lowest BCUT2D eigenvalue weighted by Crippen LogP contribution is -2.38. The highest BCUT2D eigenvalue weighted by atomic mass is 16.5. The Morgan fingerprint density at radius 2 is 1.35 bits per heavy atom. The zero-order valence-electron chi connectivity index (χ0n) is 20.6. The van der Waals surface area contributed by atoms with E-state index in [9.17, 15) is 4.79 Å². The summed E-state index contributed by atoms with van der Waals surface area (Å²) in [5.41, 5.74) is 4.53. The van der Waals surface area contributed by atoms with Crippen molar-refractivity contribution in [1.82, 2.24) is 0 Å². The molecule has 31 heavy (non-hydrogen) atoms. The standard InChI is InChI=1S/C11H13NO2.C11H15NO.2C2H6/c1-3-12-9-5-4-8(2)6-10(9)14-7-11(12)13;1-3-12-6-7-13-11-8-9(2)4-5-10(11)12;2*1-2/h4-6H,3,7H2,1-2H3;4-5,8H,3,6-7H2,1-2H3;2*1-2H3. The van der Waals surface area contributed by atoms with Crippen molar-refractivity contribution in [2.24, 2.45) is 0 Å². The van der Waals surface area contributed by atoms with Gasteiger partial charge in [0.05, 0.1) is 17.9 Å². The third-order valence-corrected chi connectivity index (χ3v) is 4.83. The van der Waals surface area contributed by atoms with E-state index in [1.54, 1.807) is 4.90 Å². The highest BCUT2D eigenvalue weighted by Gasteiger charge is 2.23. The van der Waals surface area contributed by atoms with Crippen molar-refractivity contribution < 1.29 is 14.3 Å². The summed E-state index contributed by atoms with van der Waals surface area (Å²) in [5, 5.41) is 0. The van der Waals surface area contributed by atoms with Crippen molar-refractivity contribution in [3.05, 3.63) is 47.5 Å². The third-order valence-electron chi connectivity index (χ3n) is 4.83. The van der Waals surface area contributed by atoms with Gasteiger partial charge in [0.15, 0.2) is 6.61 Å². The molecule has 0 N–H and O–H groups in total. The maximum absolute atomic E-state index is 11.5. The SMILES string of the molecule is CC.CC.CCN1C(=O)COc2cc(C)ccc21.CCN1CCOc2cc(C)ccc21. The first-order valence-electron chi connectivity index (χ1n) is 11.6. The molecule has 0 bridgehead atoms. The summed E-state index contributed by atoms with van der Waals surface area (Å²) in [4.78, 5) is 15.6. The summed E-state index contributed by atoms with van der Waals surface area (Å²) in [6, 6.07) is 12.3. The number of hydrogen-bond donors (Lipinski definition) is 0. The molecule has 5 heteroatoms. The maximum Gasteiger partial charge on any atom is 0.265 e. The fraction of sp³-hybridized carbons (Fsp3) is 0.500. The fourth-order valence-electron chi connectivity index (χ4n) is 3.37. The van der Waals surface area contributed by atoms with E-state index >= 15 is 0 Å². The number of fused-ring (bicyclic) bond motifs is 2. The van der Waals surface area contributed by atoms with Crippen molar-refractivity contribution in [3.8, 4) is 11.5 Å². The van der Waals surface area contributed by atoms with Crippen LogP contribution in [-0.4, -0.2) is 38.8 Å². The Morgan fingerprint density at radius 3 is 1.90 bits per heavy atom. The summed E-state index contributed by atoms with van der Waals surface area (Å²) in [5.74, 6) is 1.88. The molecule has 0 saturated carbocycles. The number of carbonyl (C=O) groups excluding carboxylic acids is 1. The van der Waals surface area contributed by atoms with E-state index in [1.165, 1.54) is 11.3 Å². The first-order valence-corrected chi connectivity index (χ1v) is 11.6. The van der Waals surface area contributed by atoms with Gasteiger partial charge >= 0.3 is 0 Å². The van der Waals surface area contributed by atoms with E-state index in [-0.39, 0.29) is 12.5 Å². The topological polar surface area (TPSA) is 42.0 Å². The second-order valence-electron chi connectivity index (χ2n) is 6.80. The van der Waals surface area contributed by atoms with Crippen molar-refractivity contribution in [2.75, 3.05) is 42.6 Å². The molecule has 5 nitrogen and oxygen atoms in total. The van der Waals surface area contributed by atoms with Crippen LogP contribution in [0.15, 0.2) is 36.4 Å². The molecule has 4 rings (SSSR count). The maximum atomic E-state index is 11.5. The predicted molar refractivity (Wildman–Crippen MR) is 132 cm³/mol. The molecule has 0 atom stereocenters. The van der Waals surface area contributed by atoms with Gasteiger partial charge in [-0.3, -0.25) is 4.79 Å². The first kappa shape index (κ1) is 26.3. The second kappa shape index (κ2) is 13.6. The van der Waals surface area contributed by atoms with E-state index in [2.05, 4.69) is 36.9 Å². The van der Waals surface area contributed by atoms with Crippen LogP contribution in [0.4, 0.5) is 11.4 Å². The van der Waals surface area contributed by atoms with E-state index < -0.39 is 0 Å². The lowest BCUT2D eigenvalue weighted by atomic mass is 10.1. The Bertz CT molecular complexity index is 820. The summed E-state index contributed by atoms with van der Waals surface area (Å²) in [6.07, 6.45) is 0. The number of rotatable bonds is 2. The number of carbonyl (C=O) groups is 1. The highest BCUT2D eigenvalue weighted by molar-refractivity contribution is 5.97. The molecule has 0 aromatic heterocycles. The molecule has 2 aliphatic heterocycles. The van der Waals surface area contributed by atoms with Crippen LogP contribution in [0.3, 0.4) is 0 Å². The van der Waals surface area contributed by atoms with Crippen LogP contribution in [0.1, 0.15) is 52.7 Å². The number of likely N-dealkylation sites (N-methyl/N-ethyl adjacent to an activating group) is 2. The molecule has 2 aromatic carbocycles. The molecule has 0 unspecified atom stereocenters. The van der Waals surface area contributed by atoms with Crippen LogP contribution >= 0.6 is 0 Å². The van der Waals surface area contributed by atoms with Gasteiger partial charge in [-0.25, -0.2) is 0 Å². The number of hydrogen-bond acceptors (Lipinski definition) is 4. The van der Waals surface area contributed by atoms with Crippen LogP contribution in [0.25, 0.3) is 0 Å². The van der Waals surface area contributed by atoms with E-state index in [4.69, 9.17) is 9.47 Å². The van der Waals surface area contributed by atoms with Crippen LogP contribution in [0, 0.1) is 13.8 Å². The molecule has 0 saturated heterocycles. The first-order chi connectivity index (χ1) is 15.0. The molecular formula is C26H40N2O3. The summed E-state index contributed by atoms with van der Waals surface area (Å²) < 4.78 is 11.0. The molecule has 2 aliphatic rings. The van der Waals surface area contributed by atoms with Gasteiger partial charge in [0.25, 0.3) is 5.91 Å². The minimum Gasteiger partial charge on any atom is -0.490 e. The van der Waals surface area contributed by atoms with Gasteiger partial charge in [-0.2, -0.15) is 0 Å². The predicted octanol–water partition coefficient (Wildman–Crippen LogP) is 6.01. The average Bonchev–Trinajstić information content (AvgIpc) is 2.81. The average molecular weight is 429 g/mol. The van der Waals surface area contributed by atoms with Gasteiger partial charge in [-0.15, -0.1) is 0 Å². The Kier molecular flexibility index (Phi) is 11.5.